The maximum absolute atomic E-state index is 12.5. The maximum Gasteiger partial charge on any atom is 0.345 e. The molecule has 1 heterocycles. The Bertz CT molecular complexity index is 1060. The highest BCUT2D eigenvalue weighted by molar-refractivity contribution is 5.93. The maximum atomic E-state index is 12.5. The normalized spacial score (nSPS) is 10.0. The third-order valence-electron chi connectivity index (χ3n) is 3.86. The van der Waals surface area contributed by atoms with E-state index in [2.05, 4.69) is 11.9 Å². The van der Waals surface area contributed by atoms with Crippen molar-refractivity contribution in [2.45, 2.75) is 6.42 Å². The average Bonchev–Trinajstić information content (AvgIpc) is 2.74. The fraction of sp³-hybridized carbons (Fsp3) is 0.0455. The molecular formula is C22H15N2O4. The van der Waals surface area contributed by atoms with Crippen LogP contribution in [-0.4, -0.2) is 16.9 Å². The Kier molecular flexibility index (Phi) is 5.78. The number of ether oxygens (including phenoxy) is 2. The van der Waals surface area contributed by atoms with Gasteiger partial charge in [0.2, 0.25) is 11.8 Å². The predicted molar refractivity (Wildman–Crippen MR) is 101 cm³/mol. The smallest absolute Gasteiger partial charge is 0.345 e. The second-order valence-corrected chi connectivity index (χ2v) is 5.67. The molecule has 137 valence electrons. The van der Waals surface area contributed by atoms with E-state index in [1.165, 1.54) is 12.1 Å². The molecule has 0 atom stereocenters. The van der Waals surface area contributed by atoms with Gasteiger partial charge in [0.05, 0.1) is 11.1 Å². The van der Waals surface area contributed by atoms with Crippen molar-refractivity contribution < 1.29 is 19.1 Å². The van der Waals surface area contributed by atoms with Crippen LogP contribution >= 0.6 is 0 Å². The van der Waals surface area contributed by atoms with Crippen molar-refractivity contribution in [3.8, 4) is 17.8 Å². The molecule has 0 aliphatic rings. The molecule has 0 saturated heterocycles. The van der Waals surface area contributed by atoms with Gasteiger partial charge in [-0.15, -0.1) is 0 Å². The Morgan fingerprint density at radius 2 is 1.64 bits per heavy atom. The van der Waals surface area contributed by atoms with Crippen molar-refractivity contribution in [1.82, 2.24) is 4.98 Å². The number of hydrogen-bond acceptors (Lipinski definition) is 6. The quantitative estimate of drug-likeness (QED) is 0.634. The van der Waals surface area contributed by atoms with Gasteiger partial charge < -0.3 is 9.47 Å². The van der Waals surface area contributed by atoms with Gasteiger partial charge in [0, 0.05) is 6.07 Å². The molecular weight excluding hydrogens is 356 g/mol. The number of carbonyl (C=O) groups excluding carboxylic acids is 2. The largest absolute Gasteiger partial charge is 0.404 e. The van der Waals surface area contributed by atoms with Crippen molar-refractivity contribution in [1.29, 1.82) is 5.26 Å². The Balaban J connectivity index is 1.84. The number of rotatable bonds is 5. The summed E-state index contributed by atoms with van der Waals surface area (Å²) >= 11 is 0. The Morgan fingerprint density at radius 3 is 2.36 bits per heavy atom. The topological polar surface area (TPSA) is 89.3 Å². The third kappa shape index (κ3) is 4.22. The summed E-state index contributed by atoms with van der Waals surface area (Å²) < 4.78 is 10.5. The highest BCUT2D eigenvalue weighted by atomic mass is 16.6. The lowest BCUT2D eigenvalue weighted by atomic mass is 10.1. The zero-order valence-corrected chi connectivity index (χ0v) is 14.8. The first-order valence-corrected chi connectivity index (χ1v) is 8.40. The predicted octanol–water partition coefficient (Wildman–Crippen LogP) is 3.77. The zero-order chi connectivity index (χ0) is 19.9. The van der Waals surface area contributed by atoms with Crippen LogP contribution in [0.1, 0.15) is 31.8 Å². The third-order valence-corrected chi connectivity index (χ3v) is 3.86. The van der Waals surface area contributed by atoms with E-state index in [0.29, 0.717) is 23.1 Å². The van der Waals surface area contributed by atoms with Gasteiger partial charge in [-0.25, -0.2) is 9.59 Å². The first kappa shape index (κ1) is 18.8. The molecule has 0 bridgehead atoms. The molecule has 0 aliphatic heterocycles. The molecule has 1 aromatic heterocycles. The number of carbonyl (C=O) groups is 2. The molecule has 3 rings (SSSR count). The van der Waals surface area contributed by atoms with Gasteiger partial charge in [0.15, 0.2) is 0 Å². The zero-order valence-electron chi connectivity index (χ0n) is 14.8. The van der Waals surface area contributed by atoms with E-state index in [-0.39, 0.29) is 17.3 Å². The standard InChI is InChI=1S/C22H15N2O4/c1-2-15-8-6-7-11-18(15)22(26)28-20-17(14-23)12-13-19(24-20)27-21(25)16-9-4-3-5-10-16/h3-13H,1-2H2. The number of hydrogen-bond donors (Lipinski definition) is 0. The van der Waals surface area contributed by atoms with Crippen molar-refractivity contribution >= 4 is 11.9 Å². The van der Waals surface area contributed by atoms with Gasteiger partial charge in [-0.1, -0.05) is 36.4 Å². The van der Waals surface area contributed by atoms with Crippen LogP contribution in [0.25, 0.3) is 0 Å². The van der Waals surface area contributed by atoms with Gasteiger partial charge in [-0.05, 0) is 43.2 Å². The van der Waals surface area contributed by atoms with E-state index < -0.39 is 11.9 Å². The highest BCUT2D eigenvalue weighted by Gasteiger charge is 2.18. The number of nitriles is 1. The number of aromatic nitrogens is 1. The summed E-state index contributed by atoms with van der Waals surface area (Å²) in [5.74, 6) is -1.60. The minimum absolute atomic E-state index is 0.0416. The van der Waals surface area contributed by atoms with Crippen LogP contribution in [0.2, 0.25) is 0 Å². The fourth-order valence-electron chi connectivity index (χ4n) is 2.45. The summed E-state index contributed by atoms with van der Waals surface area (Å²) in [6.45, 7) is 3.78. The lowest BCUT2D eigenvalue weighted by molar-refractivity contribution is 0.0717. The second-order valence-electron chi connectivity index (χ2n) is 5.67. The van der Waals surface area contributed by atoms with Crippen molar-refractivity contribution in [2.75, 3.05) is 0 Å². The van der Waals surface area contributed by atoms with Crippen molar-refractivity contribution in [2.24, 2.45) is 0 Å². The van der Waals surface area contributed by atoms with Gasteiger partial charge >= 0.3 is 11.9 Å². The molecule has 6 heteroatoms. The van der Waals surface area contributed by atoms with Crippen molar-refractivity contribution in [3.05, 3.63) is 95.9 Å². The first-order valence-electron chi connectivity index (χ1n) is 8.40. The number of pyridine rings is 1. The molecule has 3 aromatic rings. The van der Waals surface area contributed by atoms with Crippen LogP contribution in [0.5, 0.6) is 11.8 Å². The molecule has 0 aliphatic carbocycles. The van der Waals surface area contributed by atoms with E-state index in [9.17, 15) is 14.9 Å². The second kappa shape index (κ2) is 8.60. The van der Waals surface area contributed by atoms with Crippen LogP contribution in [0.4, 0.5) is 0 Å². The van der Waals surface area contributed by atoms with Gasteiger partial charge in [0.1, 0.15) is 11.6 Å². The lowest BCUT2D eigenvalue weighted by Crippen LogP contribution is -2.14. The van der Waals surface area contributed by atoms with Crippen LogP contribution in [0, 0.1) is 18.3 Å². The Labute approximate surface area is 162 Å². The summed E-state index contributed by atoms with van der Waals surface area (Å²) in [4.78, 5) is 28.7. The summed E-state index contributed by atoms with van der Waals surface area (Å²) in [5.41, 5.74) is 1.42. The Hall–Kier alpha value is -3.98. The van der Waals surface area contributed by atoms with E-state index in [1.54, 1.807) is 54.6 Å². The fourth-order valence-corrected chi connectivity index (χ4v) is 2.45. The number of benzene rings is 2. The molecule has 0 amide bonds. The Morgan fingerprint density at radius 1 is 0.929 bits per heavy atom. The molecule has 0 N–H and O–H groups in total. The van der Waals surface area contributed by atoms with Gasteiger partial charge in [0.25, 0.3) is 0 Å². The van der Waals surface area contributed by atoms with Gasteiger partial charge in [-0.3, -0.25) is 0 Å². The molecule has 0 spiro atoms. The van der Waals surface area contributed by atoms with E-state index in [4.69, 9.17) is 9.47 Å². The molecule has 6 nitrogen and oxygen atoms in total. The molecule has 2 aromatic carbocycles. The minimum Gasteiger partial charge on any atom is -0.404 e. The summed E-state index contributed by atoms with van der Waals surface area (Å²) in [7, 11) is 0. The molecule has 0 unspecified atom stereocenters. The van der Waals surface area contributed by atoms with E-state index >= 15 is 0 Å². The minimum atomic E-state index is -0.671. The number of esters is 2. The van der Waals surface area contributed by atoms with Crippen LogP contribution in [0.3, 0.4) is 0 Å². The highest BCUT2D eigenvalue weighted by Crippen LogP contribution is 2.22. The molecule has 0 saturated carbocycles. The van der Waals surface area contributed by atoms with Crippen LogP contribution in [-0.2, 0) is 6.42 Å². The van der Waals surface area contributed by atoms with Crippen LogP contribution < -0.4 is 9.47 Å². The molecule has 0 fully saturated rings. The van der Waals surface area contributed by atoms with Gasteiger partial charge in [-0.2, -0.15) is 10.2 Å². The van der Waals surface area contributed by atoms with Crippen molar-refractivity contribution in [3.63, 3.8) is 0 Å². The van der Waals surface area contributed by atoms with Crippen LogP contribution in [0.15, 0.2) is 66.7 Å². The molecule has 1 radical (unpaired) electrons. The summed E-state index contributed by atoms with van der Waals surface area (Å²) in [6.07, 6.45) is 0.401. The first-order chi connectivity index (χ1) is 13.6. The lowest BCUT2D eigenvalue weighted by Gasteiger charge is -2.10. The summed E-state index contributed by atoms with van der Waals surface area (Å²) in [6, 6.07) is 19.9. The van der Waals surface area contributed by atoms with E-state index in [1.807, 2.05) is 6.07 Å². The molecule has 28 heavy (non-hydrogen) atoms. The average molecular weight is 371 g/mol. The SMILES string of the molecule is [CH2]Cc1ccccc1C(=O)Oc1nc(OC(=O)c2ccccc2)ccc1C#N. The summed E-state index contributed by atoms with van der Waals surface area (Å²) in [5, 5.41) is 9.25. The van der Waals surface area contributed by atoms with E-state index in [0.717, 1.165) is 0 Å². The number of nitrogens with zero attached hydrogens (tertiary/aromatic N) is 2. The monoisotopic (exact) mass is 371 g/mol.